The largest absolute Gasteiger partial charge is 0.493 e. The van der Waals surface area contributed by atoms with Crippen molar-refractivity contribution in [3.8, 4) is 22.9 Å². The van der Waals surface area contributed by atoms with Crippen molar-refractivity contribution in [3.05, 3.63) is 24.1 Å². The number of hydrogen-bond acceptors (Lipinski definition) is 9. The van der Waals surface area contributed by atoms with E-state index in [-0.39, 0.29) is 11.8 Å². The van der Waals surface area contributed by atoms with E-state index in [9.17, 15) is 4.79 Å². The zero-order valence-electron chi connectivity index (χ0n) is 19.4. The van der Waals surface area contributed by atoms with Crippen LogP contribution in [-0.4, -0.2) is 92.5 Å². The zero-order chi connectivity index (χ0) is 23.0. The van der Waals surface area contributed by atoms with E-state index in [0.29, 0.717) is 42.8 Å². The van der Waals surface area contributed by atoms with Crippen LogP contribution in [0.25, 0.3) is 11.4 Å². The number of nitrogens with one attached hydrogen (secondary N) is 1. The fraction of sp³-hybridized carbons (Fsp3) is 0.609. The maximum atomic E-state index is 12.7. The van der Waals surface area contributed by atoms with Crippen molar-refractivity contribution in [2.24, 2.45) is 5.92 Å². The van der Waals surface area contributed by atoms with Crippen molar-refractivity contribution >= 4 is 5.91 Å². The third-order valence-electron chi connectivity index (χ3n) is 6.18. The fourth-order valence-electron chi connectivity index (χ4n) is 4.32. The van der Waals surface area contributed by atoms with Gasteiger partial charge >= 0.3 is 0 Å². The molecule has 1 aromatic heterocycles. The number of methoxy groups -OCH3 is 2. The molecule has 10 heteroatoms. The van der Waals surface area contributed by atoms with Crippen LogP contribution in [0.2, 0.25) is 0 Å². The van der Waals surface area contributed by atoms with E-state index in [1.165, 1.54) is 0 Å². The van der Waals surface area contributed by atoms with E-state index in [1.807, 2.05) is 18.2 Å². The minimum Gasteiger partial charge on any atom is -0.493 e. The summed E-state index contributed by atoms with van der Waals surface area (Å²) in [7, 11) is 3.19. The van der Waals surface area contributed by atoms with Crippen LogP contribution < -0.4 is 14.8 Å². The molecule has 1 unspecified atom stereocenters. The summed E-state index contributed by atoms with van der Waals surface area (Å²) in [4.78, 5) is 21.8. The number of amides is 1. The lowest BCUT2D eigenvalue weighted by atomic mass is 9.97. The summed E-state index contributed by atoms with van der Waals surface area (Å²) in [6.07, 6.45) is 1.87. The van der Waals surface area contributed by atoms with Gasteiger partial charge in [-0.1, -0.05) is 5.16 Å². The van der Waals surface area contributed by atoms with Crippen LogP contribution in [0.5, 0.6) is 11.5 Å². The van der Waals surface area contributed by atoms with Gasteiger partial charge in [-0.2, -0.15) is 4.98 Å². The van der Waals surface area contributed by atoms with Gasteiger partial charge in [0.1, 0.15) is 0 Å². The molecule has 33 heavy (non-hydrogen) atoms. The number of nitrogens with zero attached hydrogens (tertiary/aromatic N) is 4. The Labute approximate surface area is 194 Å². The summed E-state index contributed by atoms with van der Waals surface area (Å²) in [5.41, 5.74) is 0.791. The van der Waals surface area contributed by atoms with Gasteiger partial charge < -0.3 is 24.1 Å². The summed E-state index contributed by atoms with van der Waals surface area (Å²) in [6.45, 7) is 7.08. The average Bonchev–Trinajstić information content (AvgIpc) is 3.32. The van der Waals surface area contributed by atoms with Gasteiger partial charge in [0.2, 0.25) is 17.6 Å². The second-order valence-corrected chi connectivity index (χ2v) is 8.40. The first-order chi connectivity index (χ1) is 16.2. The summed E-state index contributed by atoms with van der Waals surface area (Å²) in [5, 5.41) is 7.23. The highest BCUT2D eigenvalue weighted by molar-refractivity contribution is 5.78. The molecular formula is C23H33N5O5. The summed E-state index contributed by atoms with van der Waals surface area (Å²) < 4.78 is 21.5. The second kappa shape index (κ2) is 11.4. The standard InChI is InChI=1S/C23H33N5O5/c1-30-19-6-5-17(14-20(19)31-2)22-25-21(33-26-22)16-28-8-3-4-18(15-28)23(29)24-7-9-27-10-12-32-13-11-27/h5-6,14,18H,3-4,7-13,15-16H2,1-2H3,(H,24,29). The predicted molar refractivity (Wildman–Crippen MR) is 121 cm³/mol. The van der Waals surface area contributed by atoms with Crippen molar-refractivity contribution in [1.82, 2.24) is 25.3 Å². The van der Waals surface area contributed by atoms with Crippen LogP contribution >= 0.6 is 0 Å². The monoisotopic (exact) mass is 459 g/mol. The highest BCUT2D eigenvalue weighted by Crippen LogP contribution is 2.31. The first-order valence-electron chi connectivity index (χ1n) is 11.5. The summed E-state index contributed by atoms with van der Waals surface area (Å²) >= 11 is 0. The Hall–Kier alpha value is -2.69. The van der Waals surface area contributed by atoms with E-state index >= 15 is 0 Å². The molecule has 180 valence electrons. The number of rotatable bonds is 9. The van der Waals surface area contributed by atoms with Crippen molar-refractivity contribution < 1.29 is 23.5 Å². The number of carbonyl (C=O) groups is 1. The molecule has 2 saturated heterocycles. The van der Waals surface area contributed by atoms with E-state index in [1.54, 1.807) is 14.2 Å². The van der Waals surface area contributed by atoms with Gasteiger partial charge in [0.25, 0.3) is 0 Å². The minimum absolute atomic E-state index is 0.0170. The number of morpholine rings is 1. The minimum atomic E-state index is -0.0170. The molecule has 0 saturated carbocycles. The lowest BCUT2D eigenvalue weighted by molar-refractivity contribution is -0.126. The van der Waals surface area contributed by atoms with Gasteiger partial charge in [-0.25, -0.2) is 0 Å². The number of ether oxygens (including phenoxy) is 3. The highest BCUT2D eigenvalue weighted by Gasteiger charge is 2.27. The molecule has 2 aromatic rings. The number of carbonyl (C=O) groups excluding carboxylic acids is 1. The maximum Gasteiger partial charge on any atom is 0.241 e. The normalized spacial score (nSPS) is 19.9. The molecule has 1 amide bonds. The van der Waals surface area contributed by atoms with Crippen LogP contribution in [0.4, 0.5) is 0 Å². The fourth-order valence-corrected chi connectivity index (χ4v) is 4.32. The predicted octanol–water partition coefficient (Wildman–Crippen LogP) is 1.41. The molecule has 2 aliphatic rings. The third-order valence-corrected chi connectivity index (χ3v) is 6.18. The van der Waals surface area contributed by atoms with E-state index in [0.717, 1.165) is 57.8 Å². The molecule has 0 bridgehead atoms. The van der Waals surface area contributed by atoms with Crippen LogP contribution in [0.3, 0.4) is 0 Å². The Morgan fingerprint density at radius 1 is 1.15 bits per heavy atom. The molecule has 0 aliphatic carbocycles. The molecule has 0 radical (unpaired) electrons. The van der Waals surface area contributed by atoms with E-state index < -0.39 is 0 Å². The Kier molecular flexibility index (Phi) is 8.14. The molecule has 4 rings (SSSR count). The number of piperidine rings is 1. The average molecular weight is 460 g/mol. The van der Waals surface area contributed by atoms with Gasteiger partial charge in [0, 0.05) is 38.3 Å². The topological polar surface area (TPSA) is 102 Å². The highest BCUT2D eigenvalue weighted by atomic mass is 16.5. The van der Waals surface area contributed by atoms with Crippen molar-refractivity contribution in [3.63, 3.8) is 0 Å². The first-order valence-corrected chi connectivity index (χ1v) is 11.5. The molecule has 0 spiro atoms. The molecule has 2 aliphatic heterocycles. The Morgan fingerprint density at radius 2 is 1.97 bits per heavy atom. The SMILES string of the molecule is COc1ccc(-c2noc(CN3CCCC(C(=O)NCCN4CCOCC4)C3)n2)cc1OC. The van der Waals surface area contributed by atoms with Crippen LogP contribution in [-0.2, 0) is 16.1 Å². The number of hydrogen-bond donors (Lipinski definition) is 1. The quantitative estimate of drug-likeness (QED) is 0.596. The molecule has 3 heterocycles. The first kappa shape index (κ1) is 23.5. The van der Waals surface area contributed by atoms with Gasteiger partial charge in [-0.15, -0.1) is 0 Å². The van der Waals surface area contributed by atoms with Crippen LogP contribution in [0, 0.1) is 5.92 Å². The Bertz CT molecular complexity index is 914. The Balaban J connectivity index is 1.28. The number of benzene rings is 1. The van der Waals surface area contributed by atoms with Crippen molar-refractivity contribution in [2.75, 3.05) is 66.7 Å². The van der Waals surface area contributed by atoms with E-state index in [2.05, 4.69) is 25.3 Å². The van der Waals surface area contributed by atoms with Gasteiger partial charge in [0.05, 0.1) is 39.9 Å². The molecule has 1 N–H and O–H groups in total. The Morgan fingerprint density at radius 3 is 2.76 bits per heavy atom. The zero-order valence-corrected chi connectivity index (χ0v) is 19.4. The van der Waals surface area contributed by atoms with Gasteiger partial charge in [-0.05, 0) is 37.6 Å². The number of aromatic nitrogens is 2. The lowest BCUT2D eigenvalue weighted by Crippen LogP contribution is -2.45. The van der Waals surface area contributed by atoms with E-state index in [4.69, 9.17) is 18.7 Å². The molecule has 2 fully saturated rings. The molecule has 1 aromatic carbocycles. The van der Waals surface area contributed by atoms with Gasteiger partial charge in [0.15, 0.2) is 11.5 Å². The maximum absolute atomic E-state index is 12.7. The number of likely N-dealkylation sites (tertiary alicyclic amines) is 1. The van der Waals surface area contributed by atoms with Crippen molar-refractivity contribution in [1.29, 1.82) is 0 Å². The summed E-state index contributed by atoms with van der Waals surface area (Å²) in [6, 6.07) is 5.51. The third kappa shape index (κ3) is 6.21. The summed E-state index contributed by atoms with van der Waals surface area (Å²) in [5.74, 6) is 2.40. The molecular weight excluding hydrogens is 426 g/mol. The van der Waals surface area contributed by atoms with Crippen molar-refractivity contribution in [2.45, 2.75) is 19.4 Å². The lowest BCUT2D eigenvalue weighted by Gasteiger charge is -2.31. The molecule has 10 nitrogen and oxygen atoms in total. The van der Waals surface area contributed by atoms with Crippen LogP contribution in [0.1, 0.15) is 18.7 Å². The van der Waals surface area contributed by atoms with Crippen LogP contribution in [0.15, 0.2) is 22.7 Å². The second-order valence-electron chi connectivity index (χ2n) is 8.40. The van der Waals surface area contributed by atoms with Gasteiger partial charge in [-0.3, -0.25) is 14.6 Å². The molecule has 1 atom stereocenters. The smallest absolute Gasteiger partial charge is 0.241 e.